The average Bonchev–Trinajstić information content (AvgIpc) is 3.03. The van der Waals surface area contributed by atoms with Gasteiger partial charge in [-0.2, -0.15) is 4.99 Å². The van der Waals surface area contributed by atoms with E-state index in [-0.39, 0.29) is 11.1 Å². The smallest absolute Gasteiger partial charge is 0.279 e. The van der Waals surface area contributed by atoms with Crippen molar-refractivity contribution in [3.8, 4) is 11.5 Å². The van der Waals surface area contributed by atoms with E-state index in [0.717, 1.165) is 21.8 Å². The number of thioether (sulfide) groups is 1. The van der Waals surface area contributed by atoms with E-state index < -0.39 is 5.91 Å². The van der Waals surface area contributed by atoms with E-state index >= 15 is 0 Å². The van der Waals surface area contributed by atoms with Crippen LogP contribution in [0.1, 0.15) is 22.8 Å². The number of halogens is 1. The molecule has 0 atom stereocenters. The van der Waals surface area contributed by atoms with Gasteiger partial charge in [-0.3, -0.25) is 9.59 Å². The lowest BCUT2D eigenvalue weighted by atomic mass is 10.2. The van der Waals surface area contributed by atoms with Crippen molar-refractivity contribution in [1.82, 2.24) is 5.32 Å². The lowest BCUT2D eigenvalue weighted by Crippen LogP contribution is -2.20. The Bertz CT molecular complexity index is 974. The van der Waals surface area contributed by atoms with Crippen LogP contribution in [0.2, 0.25) is 0 Å². The standard InChI is InChI=1S/C20H17BrN2O4S/c1-3-27-16-9-13(14(21)11-15(16)26-2)10-17-19(25)23-20(28-17)22-18(24)12-7-5-4-6-8-12/h4-11H,3H2,1-2H3,(H,22,23,24,25)/b17-10-. The number of ether oxygens (including phenoxy) is 2. The second-order valence-corrected chi connectivity index (χ2v) is 7.50. The number of methoxy groups -OCH3 is 1. The Hall–Kier alpha value is -2.58. The molecule has 0 bridgehead atoms. The number of carbonyl (C=O) groups is 2. The van der Waals surface area contributed by atoms with Crippen LogP contribution in [0.15, 0.2) is 56.8 Å². The molecule has 0 saturated carbocycles. The van der Waals surface area contributed by atoms with Gasteiger partial charge in [0.25, 0.3) is 11.8 Å². The molecule has 0 aromatic heterocycles. The van der Waals surface area contributed by atoms with E-state index in [0.29, 0.717) is 28.6 Å². The first-order valence-electron chi connectivity index (χ1n) is 8.41. The highest BCUT2D eigenvalue weighted by molar-refractivity contribution is 9.10. The molecule has 2 amide bonds. The first kappa shape index (κ1) is 20.2. The molecular weight excluding hydrogens is 444 g/mol. The molecule has 1 aliphatic rings. The van der Waals surface area contributed by atoms with Crippen LogP contribution in [-0.2, 0) is 4.79 Å². The summed E-state index contributed by atoms with van der Waals surface area (Å²) in [5.41, 5.74) is 1.21. The van der Waals surface area contributed by atoms with Crippen LogP contribution in [0.4, 0.5) is 0 Å². The molecule has 8 heteroatoms. The zero-order chi connectivity index (χ0) is 20.1. The molecule has 1 N–H and O–H groups in total. The molecule has 0 radical (unpaired) electrons. The first-order valence-corrected chi connectivity index (χ1v) is 10.0. The molecule has 2 aromatic carbocycles. The minimum Gasteiger partial charge on any atom is -0.493 e. The van der Waals surface area contributed by atoms with Crippen LogP contribution in [-0.4, -0.2) is 30.7 Å². The Morgan fingerprint density at radius 1 is 1.25 bits per heavy atom. The van der Waals surface area contributed by atoms with Gasteiger partial charge in [0.15, 0.2) is 16.7 Å². The van der Waals surface area contributed by atoms with Gasteiger partial charge in [-0.15, -0.1) is 0 Å². The summed E-state index contributed by atoms with van der Waals surface area (Å²) < 4.78 is 11.6. The minimum atomic E-state index is -0.408. The molecule has 0 unspecified atom stereocenters. The molecule has 3 rings (SSSR count). The Kier molecular flexibility index (Phi) is 6.53. The van der Waals surface area contributed by atoms with Crippen LogP contribution in [0.25, 0.3) is 6.08 Å². The highest BCUT2D eigenvalue weighted by Gasteiger charge is 2.25. The highest BCUT2D eigenvalue weighted by atomic mass is 79.9. The quantitative estimate of drug-likeness (QED) is 0.674. The average molecular weight is 461 g/mol. The number of hydrogen-bond acceptors (Lipinski definition) is 5. The maximum Gasteiger partial charge on any atom is 0.279 e. The van der Waals surface area contributed by atoms with Crippen LogP contribution in [0, 0.1) is 0 Å². The number of amidine groups is 1. The number of nitrogens with one attached hydrogen (secondary N) is 1. The van der Waals surface area contributed by atoms with Crippen molar-refractivity contribution in [2.24, 2.45) is 4.99 Å². The summed E-state index contributed by atoms with van der Waals surface area (Å²) in [6.07, 6.45) is 1.71. The maximum absolute atomic E-state index is 12.3. The van der Waals surface area contributed by atoms with Crippen LogP contribution >= 0.6 is 27.7 Å². The van der Waals surface area contributed by atoms with E-state index in [1.165, 1.54) is 0 Å². The zero-order valence-electron chi connectivity index (χ0n) is 15.2. The van der Waals surface area contributed by atoms with E-state index in [1.807, 2.05) is 13.0 Å². The van der Waals surface area contributed by atoms with Crippen molar-refractivity contribution in [3.63, 3.8) is 0 Å². The molecule has 1 heterocycles. The van der Waals surface area contributed by atoms with Crippen molar-refractivity contribution >= 4 is 50.7 Å². The van der Waals surface area contributed by atoms with Gasteiger partial charge in [-0.25, -0.2) is 0 Å². The molecule has 28 heavy (non-hydrogen) atoms. The zero-order valence-corrected chi connectivity index (χ0v) is 17.6. The van der Waals surface area contributed by atoms with Gasteiger partial charge in [0, 0.05) is 10.0 Å². The number of benzene rings is 2. The molecular formula is C20H17BrN2O4S. The fourth-order valence-corrected chi connectivity index (χ4v) is 3.70. The Morgan fingerprint density at radius 2 is 2.00 bits per heavy atom. The maximum atomic E-state index is 12.3. The van der Waals surface area contributed by atoms with Gasteiger partial charge in [0.1, 0.15) is 0 Å². The molecule has 6 nitrogen and oxygen atoms in total. The number of carbonyl (C=O) groups excluding carboxylic acids is 2. The SMILES string of the molecule is CCOc1cc(/C=C2\SC(=NC(=O)c3ccccc3)NC2=O)c(Br)cc1OC. The third-order valence-corrected chi connectivity index (χ3v) is 5.34. The van der Waals surface area contributed by atoms with E-state index in [4.69, 9.17) is 9.47 Å². The molecule has 144 valence electrons. The third kappa shape index (κ3) is 4.63. The van der Waals surface area contributed by atoms with E-state index in [1.54, 1.807) is 49.6 Å². The first-order chi connectivity index (χ1) is 13.5. The third-order valence-electron chi connectivity index (χ3n) is 3.74. The number of amides is 2. The van der Waals surface area contributed by atoms with Crippen molar-refractivity contribution in [2.45, 2.75) is 6.92 Å². The molecule has 1 aliphatic heterocycles. The summed E-state index contributed by atoms with van der Waals surface area (Å²) in [6.45, 7) is 2.37. The van der Waals surface area contributed by atoms with Crippen LogP contribution < -0.4 is 14.8 Å². The summed E-state index contributed by atoms with van der Waals surface area (Å²) in [4.78, 5) is 28.9. The van der Waals surface area contributed by atoms with Crippen LogP contribution in [0.3, 0.4) is 0 Å². The van der Waals surface area contributed by atoms with Crippen LogP contribution in [0.5, 0.6) is 11.5 Å². The molecule has 2 aromatic rings. The number of aliphatic imine (C=N–C) groups is 1. The fourth-order valence-electron chi connectivity index (χ4n) is 2.45. The predicted molar refractivity (Wildman–Crippen MR) is 114 cm³/mol. The monoisotopic (exact) mass is 460 g/mol. The lowest BCUT2D eigenvalue weighted by Gasteiger charge is -2.11. The summed E-state index contributed by atoms with van der Waals surface area (Å²) >= 11 is 4.59. The summed E-state index contributed by atoms with van der Waals surface area (Å²) in [7, 11) is 1.56. The normalized spacial score (nSPS) is 16.3. The van der Waals surface area contributed by atoms with Crippen molar-refractivity contribution in [3.05, 3.63) is 63.0 Å². The number of nitrogens with zero attached hydrogens (tertiary/aromatic N) is 1. The molecule has 0 aliphatic carbocycles. The van der Waals surface area contributed by atoms with Gasteiger partial charge in [0.2, 0.25) is 0 Å². The van der Waals surface area contributed by atoms with E-state index in [9.17, 15) is 9.59 Å². The van der Waals surface area contributed by atoms with Gasteiger partial charge in [0.05, 0.1) is 18.6 Å². The van der Waals surface area contributed by atoms with Crippen molar-refractivity contribution < 1.29 is 19.1 Å². The lowest BCUT2D eigenvalue weighted by molar-refractivity contribution is -0.115. The van der Waals surface area contributed by atoms with Gasteiger partial charge >= 0.3 is 0 Å². The highest BCUT2D eigenvalue weighted by Crippen LogP contribution is 2.36. The largest absolute Gasteiger partial charge is 0.493 e. The second kappa shape index (κ2) is 9.07. The summed E-state index contributed by atoms with van der Waals surface area (Å²) in [5.74, 6) is 0.450. The molecule has 1 fully saturated rings. The molecule has 1 saturated heterocycles. The summed E-state index contributed by atoms with van der Waals surface area (Å²) in [5, 5.41) is 2.87. The Morgan fingerprint density at radius 3 is 2.68 bits per heavy atom. The number of hydrogen-bond donors (Lipinski definition) is 1. The summed E-state index contributed by atoms with van der Waals surface area (Å²) in [6, 6.07) is 12.3. The van der Waals surface area contributed by atoms with Crippen molar-refractivity contribution in [2.75, 3.05) is 13.7 Å². The Balaban J connectivity index is 1.86. The molecule has 0 spiro atoms. The van der Waals surface area contributed by atoms with Gasteiger partial charge in [-0.1, -0.05) is 34.1 Å². The second-order valence-electron chi connectivity index (χ2n) is 5.61. The predicted octanol–water partition coefficient (Wildman–Crippen LogP) is 4.26. The van der Waals surface area contributed by atoms with E-state index in [2.05, 4.69) is 26.2 Å². The minimum absolute atomic E-state index is 0.250. The Labute approximate surface area is 175 Å². The topological polar surface area (TPSA) is 77.0 Å². The van der Waals surface area contributed by atoms with Gasteiger partial charge < -0.3 is 14.8 Å². The number of rotatable bonds is 5. The van der Waals surface area contributed by atoms with Crippen molar-refractivity contribution in [1.29, 1.82) is 0 Å². The fraction of sp³-hybridized carbons (Fsp3) is 0.150. The van der Waals surface area contributed by atoms with Gasteiger partial charge in [-0.05, 0) is 54.6 Å².